The highest BCUT2D eigenvalue weighted by Gasteiger charge is 2.21. The fraction of sp³-hybridized carbons (Fsp3) is 0.333. The third-order valence-electron chi connectivity index (χ3n) is 4.60. The lowest BCUT2D eigenvalue weighted by Gasteiger charge is -2.21. The van der Waals surface area contributed by atoms with Crippen LogP contribution in [0.1, 0.15) is 42.7 Å². The number of para-hydroxylation sites is 1. The molecule has 0 saturated heterocycles. The second-order valence-corrected chi connectivity index (χ2v) is 5.99. The largest absolute Gasteiger partial charge is 0.496 e. The summed E-state index contributed by atoms with van der Waals surface area (Å²) in [5, 5.41) is 0. The van der Waals surface area contributed by atoms with E-state index in [1.807, 2.05) is 0 Å². The molecule has 0 spiro atoms. The third kappa shape index (κ3) is 3.41. The van der Waals surface area contributed by atoms with Crippen molar-refractivity contribution in [3.8, 4) is 5.75 Å². The molecular weight excluding hydrogens is 268 g/mol. The van der Waals surface area contributed by atoms with Gasteiger partial charge in [-0.05, 0) is 43.7 Å². The molecule has 0 bridgehead atoms. The second-order valence-electron chi connectivity index (χ2n) is 5.99. The van der Waals surface area contributed by atoms with Crippen LogP contribution in [0.25, 0.3) is 0 Å². The lowest BCUT2D eigenvalue weighted by Crippen LogP contribution is -2.05. The molecule has 0 aliphatic heterocycles. The molecule has 1 heteroatoms. The van der Waals surface area contributed by atoms with E-state index in [0.717, 1.165) is 18.6 Å². The number of ether oxygens (including phenoxy) is 1. The number of hydrogen-bond donors (Lipinski definition) is 0. The summed E-state index contributed by atoms with van der Waals surface area (Å²) < 4.78 is 5.61. The first-order valence-corrected chi connectivity index (χ1v) is 8.24. The molecule has 0 unspecified atom stereocenters. The van der Waals surface area contributed by atoms with E-state index in [9.17, 15) is 0 Å². The van der Waals surface area contributed by atoms with Gasteiger partial charge in [-0.25, -0.2) is 0 Å². The number of benzene rings is 2. The van der Waals surface area contributed by atoms with Gasteiger partial charge in [0.2, 0.25) is 0 Å². The molecule has 0 aromatic heterocycles. The van der Waals surface area contributed by atoms with E-state index in [0.29, 0.717) is 5.92 Å². The minimum atomic E-state index is 0.485. The van der Waals surface area contributed by atoms with Gasteiger partial charge >= 0.3 is 0 Å². The zero-order valence-corrected chi connectivity index (χ0v) is 13.3. The fourth-order valence-electron chi connectivity index (χ4n) is 3.46. The maximum absolute atomic E-state index is 5.61. The van der Waals surface area contributed by atoms with Gasteiger partial charge in [0.15, 0.2) is 0 Å². The van der Waals surface area contributed by atoms with Crippen LogP contribution in [0.3, 0.4) is 0 Å². The summed E-state index contributed by atoms with van der Waals surface area (Å²) in [5.74, 6) is 1.51. The highest BCUT2D eigenvalue weighted by molar-refractivity contribution is 5.41. The zero-order chi connectivity index (χ0) is 15.2. The summed E-state index contributed by atoms with van der Waals surface area (Å²) in [6.07, 6.45) is 8.47. The first kappa shape index (κ1) is 14.9. The molecule has 1 aliphatic carbocycles. The van der Waals surface area contributed by atoms with Crippen LogP contribution in [0.2, 0.25) is 0 Å². The van der Waals surface area contributed by atoms with Gasteiger partial charge in [-0.2, -0.15) is 0 Å². The first-order chi connectivity index (χ1) is 10.9. The van der Waals surface area contributed by atoms with Crippen LogP contribution in [-0.2, 0) is 6.42 Å². The average Bonchev–Trinajstić information content (AvgIpc) is 3.11. The van der Waals surface area contributed by atoms with Crippen LogP contribution >= 0.6 is 0 Å². The van der Waals surface area contributed by atoms with Gasteiger partial charge in [0.25, 0.3) is 0 Å². The topological polar surface area (TPSA) is 9.23 Å². The Bertz CT molecular complexity index is 627. The van der Waals surface area contributed by atoms with Crippen molar-refractivity contribution >= 4 is 0 Å². The van der Waals surface area contributed by atoms with Gasteiger partial charge in [0, 0.05) is 11.5 Å². The second kappa shape index (κ2) is 7.31. The lowest BCUT2D eigenvalue weighted by atomic mass is 9.85. The molecule has 0 saturated carbocycles. The molecule has 0 N–H and O–H groups in total. The number of rotatable bonds is 6. The predicted molar refractivity (Wildman–Crippen MR) is 92.4 cm³/mol. The van der Waals surface area contributed by atoms with Crippen molar-refractivity contribution in [1.82, 2.24) is 0 Å². The molecule has 0 heterocycles. The molecule has 2 aromatic carbocycles. The number of methoxy groups -OCH3 is 1. The van der Waals surface area contributed by atoms with Gasteiger partial charge in [0.1, 0.15) is 5.75 Å². The van der Waals surface area contributed by atoms with Crippen molar-refractivity contribution in [3.63, 3.8) is 0 Å². The molecule has 1 aliphatic rings. The summed E-state index contributed by atoms with van der Waals surface area (Å²) in [6.45, 7) is 0. The standard InChI is InChI=1S/C21H24O/c1-22-21-14-8-7-13-20(21)19(18-11-5-6-12-18)16-15-17-9-3-2-4-10-17/h2-4,7-11,13-14,19H,5-6,12,15-16H2,1H3/t19-/m1/s1. The van der Waals surface area contributed by atoms with Crippen molar-refractivity contribution < 1.29 is 4.74 Å². The Labute approximate surface area is 133 Å². The Morgan fingerprint density at radius 2 is 1.77 bits per heavy atom. The van der Waals surface area contributed by atoms with E-state index >= 15 is 0 Å². The van der Waals surface area contributed by atoms with Crippen molar-refractivity contribution in [2.75, 3.05) is 7.11 Å². The molecule has 0 radical (unpaired) electrons. The van der Waals surface area contributed by atoms with Crippen molar-refractivity contribution in [3.05, 3.63) is 77.4 Å². The van der Waals surface area contributed by atoms with E-state index < -0.39 is 0 Å². The van der Waals surface area contributed by atoms with Crippen LogP contribution in [0, 0.1) is 0 Å². The Balaban J connectivity index is 1.84. The van der Waals surface area contributed by atoms with Crippen molar-refractivity contribution in [2.24, 2.45) is 0 Å². The number of hydrogen-bond acceptors (Lipinski definition) is 1. The van der Waals surface area contributed by atoms with E-state index in [4.69, 9.17) is 4.74 Å². The Hall–Kier alpha value is -2.02. The number of aryl methyl sites for hydroxylation is 1. The molecule has 3 rings (SSSR count). The van der Waals surface area contributed by atoms with Gasteiger partial charge in [-0.15, -0.1) is 0 Å². The van der Waals surface area contributed by atoms with E-state index in [2.05, 4.69) is 60.7 Å². The highest BCUT2D eigenvalue weighted by Crippen LogP contribution is 2.39. The summed E-state index contributed by atoms with van der Waals surface area (Å²) >= 11 is 0. The quantitative estimate of drug-likeness (QED) is 0.637. The van der Waals surface area contributed by atoms with Crippen LogP contribution in [0.4, 0.5) is 0 Å². The highest BCUT2D eigenvalue weighted by atomic mass is 16.5. The van der Waals surface area contributed by atoms with Gasteiger partial charge in [-0.3, -0.25) is 0 Å². The fourth-order valence-corrected chi connectivity index (χ4v) is 3.46. The Kier molecular flexibility index (Phi) is 4.95. The van der Waals surface area contributed by atoms with Crippen LogP contribution in [0.5, 0.6) is 5.75 Å². The lowest BCUT2D eigenvalue weighted by molar-refractivity contribution is 0.406. The van der Waals surface area contributed by atoms with Gasteiger partial charge < -0.3 is 4.74 Å². The average molecular weight is 292 g/mol. The summed E-state index contributed by atoms with van der Waals surface area (Å²) in [7, 11) is 1.77. The number of allylic oxidation sites excluding steroid dienone is 2. The minimum Gasteiger partial charge on any atom is -0.496 e. The van der Waals surface area contributed by atoms with Gasteiger partial charge in [-0.1, -0.05) is 60.2 Å². The molecule has 2 aromatic rings. The molecule has 0 amide bonds. The Morgan fingerprint density at radius 1 is 1.00 bits per heavy atom. The summed E-state index contributed by atoms with van der Waals surface area (Å²) in [6, 6.07) is 19.3. The normalized spacial score (nSPS) is 15.4. The molecule has 22 heavy (non-hydrogen) atoms. The van der Waals surface area contributed by atoms with E-state index in [1.165, 1.54) is 30.4 Å². The van der Waals surface area contributed by atoms with Crippen LogP contribution in [0.15, 0.2) is 66.2 Å². The molecule has 1 nitrogen and oxygen atoms in total. The molecule has 114 valence electrons. The molecular formula is C21H24O. The Morgan fingerprint density at radius 3 is 2.50 bits per heavy atom. The van der Waals surface area contributed by atoms with Crippen LogP contribution in [-0.4, -0.2) is 7.11 Å². The maximum atomic E-state index is 5.61. The minimum absolute atomic E-state index is 0.485. The van der Waals surface area contributed by atoms with E-state index in [1.54, 1.807) is 12.7 Å². The first-order valence-electron chi connectivity index (χ1n) is 8.24. The summed E-state index contributed by atoms with van der Waals surface area (Å²) in [5.41, 5.74) is 4.36. The maximum Gasteiger partial charge on any atom is 0.122 e. The van der Waals surface area contributed by atoms with Crippen molar-refractivity contribution in [1.29, 1.82) is 0 Å². The smallest absolute Gasteiger partial charge is 0.122 e. The summed E-state index contributed by atoms with van der Waals surface area (Å²) in [4.78, 5) is 0. The predicted octanol–water partition coefficient (Wildman–Crippen LogP) is 5.52. The SMILES string of the molecule is COc1ccccc1[C@H](CCc1ccccc1)C1=CCCC1. The van der Waals surface area contributed by atoms with Gasteiger partial charge in [0.05, 0.1) is 7.11 Å². The van der Waals surface area contributed by atoms with Crippen LogP contribution < -0.4 is 4.74 Å². The zero-order valence-electron chi connectivity index (χ0n) is 13.3. The third-order valence-corrected chi connectivity index (χ3v) is 4.60. The molecule has 1 atom stereocenters. The van der Waals surface area contributed by atoms with Crippen molar-refractivity contribution in [2.45, 2.75) is 38.0 Å². The van der Waals surface area contributed by atoms with E-state index in [-0.39, 0.29) is 0 Å². The monoisotopic (exact) mass is 292 g/mol. The molecule has 0 fully saturated rings.